The van der Waals surface area contributed by atoms with Crippen LogP contribution in [0.25, 0.3) is 0 Å². The lowest BCUT2D eigenvalue weighted by atomic mass is 10.2. The molecule has 0 saturated heterocycles. The molecule has 0 aliphatic carbocycles. The summed E-state index contributed by atoms with van der Waals surface area (Å²) in [4.78, 5) is 3.77. The maximum Gasteiger partial charge on any atom is 0.207 e. The fourth-order valence-corrected chi connectivity index (χ4v) is 3.91. The van der Waals surface area contributed by atoms with Crippen LogP contribution in [0.2, 0.25) is 0 Å². The topological polar surface area (TPSA) is 36.1 Å². The van der Waals surface area contributed by atoms with Crippen molar-refractivity contribution >= 4 is 50.5 Å². The van der Waals surface area contributed by atoms with Gasteiger partial charge >= 0.3 is 0 Å². The van der Waals surface area contributed by atoms with E-state index in [0.717, 1.165) is 13.9 Å². The first-order chi connectivity index (χ1) is 7.36. The van der Waals surface area contributed by atoms with Gasteiger partial charge in [0.1, 0.15) is 4.38 Å². The van der Waals surface area contributed by atoms with Gasteiger partial charge in [-0.15, -0.1) is 0 Å². The number of thioether (sulfide) groups is 2. The SMILES string of the molecule is N#CN=C(SCI)SCc1ccccc1. The molecule has 0 bridgehead atoms. The van der Waals surface area contributed by atoms with Gasteiger partial charge < -0.3 is 0 Å². The quantitative estimate of drug-likeness (QED) is 0.273. The van der Waals surface area contributed by atoms with Gasteiger partial charge in [0.2, 0.25) is 6.19 Å². The van der Waals surface area contributed by atoms with Crippen LogP contribution in [0.1, 0.15) is 5.56 Å². The van der Waals surface area contributed by atoms with E-state index in [1.807, 2.05) is 24.4 Å². The van der Waals surface area contributed by atoms with Crippen molar-refractivity contribution in [1.82, 2.24) is 0 Å². The summed E-state index contributed by atoms with van der Waals surface area (Å²) < 4.78 is 1.76. The molecule has 0 aliphatic rings. The lowest BCUT2D eigenvalue weighted by Gasteiger charge is -2.01. The second-order valence-electron chi connectivity index (χ2n) is 2.51. The van der Waals surface area contributed by atoms with Crippen molar-refractivity contribution in [3.63, 3.8) is 0 Å². The van der Waals surface area contributed by atoms with Gasteiger partial charge in [-0.1, -0.05) is 76.4 Å². The molecule has 0 heterocycles. The van der Waals surface area contributed by atoms with Gasteiger partial charge in [0.15, 0.2) is 0 Å². The molecule has 0 atom stereocenters. The number of rotatable bonds is 3. The summed E-state index contributed by atoms with van der Waals surface area (Å²) in [5.41, 5.74) is 1.25. The van der Waals surface area contributed by atoms with Crippen LogP contribution in [0.15, 0.2) is 35.3 Å². The Morgan fingerprint density at radius 2 is 2.07 bits per heavy atom. The summed E-state index contributed by atoms with van der Waals surface area (Å²) >= 11 is 5.46. The summed E-state index contributed by atoms with van der Waals surface area (Å²) in [5, 5.41) is 8.49. The van der Waals surface area contributed by atoms with Crippen LogP contribution >= 0.6 is 46.1 Å². The first kappa shape index (κ1) is 12.9. The van der Waals surface area contributed by atoms with Crippen molar-refractivity contribution in [3.05, 3.63) is 35.9 Å². The zero-order valence-electron chi connectivity index (χ0n) is 7.89. The molecule has 0 aliphatic heterocycles. The van der Waals surface area contributed by atoms with Crippen LogP contribution in [0, 0.1) is 11.5 Å². The number of nitriles is 1. The third-order valence-corrected chi connectivity index (χ3v) is 4.43. The Bertz CT molecular complexity index is 359. The molecule has 78 valence electrons. The Kier molecular flexibility index (Phi) is 6.88. The van der Waals surface area contributed by atoms with Crippen molar-refractivity contribution < 1.29 is 0 Å². The molecular weight excluding hydrogens is 339 g/mol. The first-order valence-corrected chi connectivity index (χ1v) is 7.68. The summed E-state index contributed by atoms with van der Waals surface area (Å²) in [6.45, 7) is 0. The summed E-state index contributed by atoms with van der Waals surface area (Å²) in [5.74, 6) is 0.866. The van der Waals surface area contributed by atoms with E-state index in [0.29, 0.717) is 0 Å². The molecule has 5 heteroatoms. The highest BCUT2D eigenvalue weighted by Crippen LogP contribution is 2.22. The van der Waals surface area contributed by atoms with Crippen LogP contribution < -0.4 is 0 Å². The van der Waals surface area contributed by atoms with E-state index in [-0.39, 0.29) is 0 Å². The molecule has 0 saturated carbocycles. The lowest BCUT2D eigenvalue weighted by Crippen LogP contribution is -1.87. The maximum absolute atomic E-state index is 8.49. The van der Waals surface area contributed by atoms with Gasteiger partial charge in [-0.25, -0.2) is 0 Å². The van der Waals surface area contributed by atoms with Crippen molar-refractivity contribution in [2.75, 3.05) is 3.76 Å². The van der Waals surface area contributed by atoms with E-state index in [1.165, 1.54) is 5.56 Å². The first-order valence-electron chi connectivity index (χ1n) is 4.19. The van der Waals surface area contributed by atoms with Crippen molar-refractivity contribution in [1.29, 1.82) is 5.26 Å². The molecule has 0 radical (unpaired) electrons. The fourth-order valence-electron chi connectivity index (χ4n) is 0.913. The minimum absolute atomic E-state index is 0.843. The van der Waals surface area contributed by atoms with Crippen molar-refractivity contribution in [2.24, 2.45) is 4.99 Å². The predicted molar refractivity (Wildman–Crippen MR) is 77.3 cm³/mol. The number of nitrogens with zero attached hydrogens (tertiary/aromatic N) is 2. The van der Waals surface area contributed by atoms with Gasteiger partial charge in [0.05, 0.1) is 3.76 Å². The highest BCUT2D eigenvalue weighted by molar-refractivity contribution is 14.1. The predicted octanol–water partition coefficient (Wildman–Crippen LogP) is 3.88. The average Bonchev–Trinajstić information content (AvgIpc) is 2.28. The molecule has 15 heavy (non-hydrogen) atoms. The standard InChI is InChI=1S/C10H9IN2S2/c11-7-15-10(13-8-12)14-6-9-4-2-1-3-5-9/h1-5H,6-7H2. The summed E-state index contributed by atoms with van der Waals surface area (Å²) in [7, 11) is 0. The summed E-state index contributed by atoms with van der Waals surface area (Å²) in [6.07, 6.45) is 1.83. The van der Waals surface area contributed by atoms with E-state index in [2.05, 4.69) is 39.7 Å². The normalized spacial score (nSPS) is 11.1. The van der Waals surface area contributed by atoms with E-state index in [1.54, 1.807) is 23.5 Å². The molecule has 0 spiro atoms. The van der Waals surface area contributed by atoms with Crippen LogP contribution in [0.3, 0.4) is 0 Å². The number of benzene rings is 1. The maximum atomic E-state index is 8.49. The molecule has 1 aromatic rings. The van der Waals surface area contributed by atoms with Crippen LogP contribution in [0.5, 0.6) is 0 Å². The molecule has 1 aromatic carbocycles. The second-order valence-corrected chi connectivity index (χ2v) is 6.49. The molecule has 0 aromatic heterocycles. The third-order valence-electron chi connectivity index (χ3n) is 1.52. The highest BCUT2D eigenvalue weighted by Gasteiger charge is 2.01. The lowest BCUT2D eigenvalue weighted by molar-refractivity contribution is 1.42. The third kappa shape index (κ3) is 5.44. The summed E-state index contributed by atoms with van der Waals surface area (Å²) in [6, 6.07) is 10.2. The largest absolute Gasteiger partial charge is 0.207 e. The van der Waals surface area contributed by atoms with Gasteiger partial charge in [0, 0.05) is 5.75 Å². The molecule has 0 amide bonds. The molecule has 1 rings (SSSR count). The number of halogens is 1. The van der Waals surface area contributed by atoms with Crippen molar-refractivity contribution in [3.8, 4) is 6.19 Å². The second kappa shape index (κ2) is 8.02. The molecule has 0 N–H and O–H groups in total. The van der Waals surface area contributed by atoms with E-state index in [9.17, 15) is 0 Å². The van der Waals surface area contributed by atoms with Crippen LogP contribution in [-0.4, -0.2) is 8.14 Å². The molecule has 0 fully saturated rings. The van der Waals surface area contributed by atoms with E-state index < -0.39 is 0 Å². The zero-order valence-corrected chi connectivity index (χ0v) is 11.7. The van der Waals surface area contributed by atoms with Crippen LogP contribution in [-0.2, 0) is 5.75 Å². The Morgan fingerprint density at radius 3 is 2.67 bits per heavy atom. The average molecular weight is 348 g/mol. The number of aliphatic imine (C=N–C) groups is 1. The molecule has 2 nitrogen and oxygen atoms in total. The number of alkyl halides is 1. The van der Waals surface area contributed by atoms with Gasteiger partial charge in [-0.2, -0.15) is 10.3 Å². The Labute approximate surface area is 112 Å². The Hall–Kier alpha value is -0.190. The van der Waals surface area contributed by atoms with Gasteiger partial charge in [-0.3, -0.25) is 0 Å². The van der Waals surface area contributed by atoms with Crippen LogP contribution in [0.4, 0.5) is 0 Å². The Morgan fingerprint density at radius 1 is 1.33 bits per heavy atom. The van der Waals surface area contributed by atoms with Gasteiger partial charge in [-0.05, 0) is 5.56 Å². The highest BCUT2D eigenvalue weighted by atomic mass is 127. The van der Waals surface area contributed by atoms with E-state index in [4.69, 9.17) is 5.26 Å². The fraction of sp³-hybridized carbons (Fsp3) is 0.200. The molecular formula is C10H9IN2S2. The number of hydrogen-bond acceptors (Lipinski definition) is 4. The zero-order chi connectivity index (χ0) is 10.9. The smallest absolute Gasteiger partial charge is 0.170 e. The van der Waals surface area contributed by atoms with Gasteiger partial charge in [0.25, 0.3) is 0 Å². The Balaban J connectivity index is 2.48. The van der Waals surface area contributed by atoms with E-state index >= 15 is 0 Å². The minimum atomic E-state index is 0.843. The minimum Gasteiger partial charge on any atom is -0.170 e. The van der Waals surface area contributed by atoms with Crippen molar-refractivity contribution in [2.45, 2.75) is 5.75 Å². The molecule has 0 unspecified atom stereocenters. The number of hydrogen-bond donors (Lipinski definition) is 0. The monoisotopic (exact) mass is 348 g/mol.